The van der Waals surface area contributed by atoms with Gasteiger partial charge in [0.15, 0.2) is 0 Å². The fraction of sp³-hybridized carbons (Fsp3) is 0.276. The van der Waals surface area contributed by atoms with Crippen LogP contribution in [0, 0.1) is 5.92 Å². The highest BCUT2D eigenvalue weighted by Gasteiger charge is 2.31. The van der Waals surface area contributed by atoms with Crippen LogP contribution >= 0.6 is 0 Å². The first kappa shape index (κ1) is 22.8. The molecule has 0 radical (unpaired) electrons. The maximum Gasteiger partial charge on any atom is 0.254 e. The van der Waals surface area contributed by atoms with Crippen LogP contribution in [0.1, 0.15) is 34.3 Å². The van der Waals surface area contributed by atoms with Gasteiger partial charge in [-0.25, -0.2) is 0 Å². The van der Waals surface area contributed by atoms with Crippen molar-refractivity contribution in [3.63, 3.8) is 0 Å². The third-order valence-electron chi connectivity index (χ3n) is 6.75. The lowest BCUT2D eigenvalue weighted by molar-refractivity contribution is -0.136. The molecule has 1 saturated heterocycles. The summed E-state index contributed by atoms with van der Waals surface area (Å²) in [7, 11) is 1.84. The van der Waals surface area contributed by atoms with Crippen LogP contribution in [0.5, 0.6) is 0 Å². The molecule has 6 nitrogen and oxygen atoms in total. The Kier molecular flexibility index (Phi) is 6.62. The highest BCUT2D eigenvalue weighted by atomic mass is 16.2. The van der Waals surface area contributed by atoms with E-state index in [2.05, 4.69) is 17.2 Å². The maximum atomic E-state index is 13.4. The molecular weight excluding hydrogens is 436 g/mol. The predicted molar refractivity (Wildman–Crippen MR) is 137 cm³/mol. The summed E-state index contributed by atoms with van der Waals surface area (Å²) in [5.41, 5.74) is 2.89. The van der Waals surface area contributed by atoms with Crippen LogP contribution in [0.3, 0.4) is 0 Å². The van der Waals surface area contributed by atoms with E-state index in [0.29, 0.717) is 31.7 Å². The lowest BCUT2D eigenvalue weighted by atomic mass is 9.95. The lowest BCUT2D eigenvalue weighted by Gasteiger charge is -2.34. The van der Waals surface area contributed by atoms with Gasteiger partial charge < -0.3 is 9.80 Å². The van der Waals surface area contributed by atoms with Crippen LogP contribution < -0.4 is 0 Å². The number of aromatic nitrogens is 2. The quantitative estimate of drug-likeness (QED) is 0.417. The number of likely N-dealkylation sites (tertiary alicyclic amines) is 1. The molecule has 178 valence electrons. The molecule has 0 N–H and O–H groups in total. The molecule has 6 heteroatoms. The van der Waals surface area contributed by atoms with Gasteiger partial charge in [0.1, 0.15) is 0 Å². The highest BCUT2D eigenvalue weighted by molar-refractivity contribution is 6.07. The van der Waals surface area contributed by atoms with Gasteiger partial charge in [-0.2, -0.15) is 5.10 Å². The molecule has 1 aromatic heterocycles. The van der Waals surface area contributed by atoms with Crippen LogP contribution in [0.4, 0.5) is 0 Å². The van der Waals surface area contributed by atoms with Gasteiger partial charge in [-0.1, -0.05) is 66.7 Å². The molecule has 1 fully saturated rings. The van der Waals surface area contributed by atoms with E-state index in [9.17, 15) is 9.59 Å². The molecule has 0 saturated carbocycles. The highest BCUT2D eigenvalue weighted by Crippen LogP contribution is 2.24. The summed E-state index contributed by atoms with van der Waals surface area (Å²) in [5, 5.41) is 6.46. The van der Waals surface area contributed by atoms with Gasteiger partial charge >= 0.3 is 0 Å². The van der Waals surface area contributed by atoms with E-state index in [1.165, 1.54) is 5.56 Å². The van der Waals surface area contributed by atoms with Crippen LogP contribution in [0.15, 0.2) is 85.2 Å². The van der Waals surface area contributed by atoms with Crippen molar-refractivity contribution in [3.8, 4) is 0 Å². The molecule has 0 bridgehead atoms. The van der Waals surface area contributed by atoms with Gasteiger partial charge in [-0.05, 0) is 35.2 Å². The van der Waals surface area contributed by atoms with Crippen molar-refractivity contribution in [2.45, 2.75) is 25.9 Å². The average Bonchev–Trinajstić information content (AvgIpc) is 3.34. The molecule has 1 aliphatic heterocycles. The van der Waals surface area contributed by atoms with Crippen molar-refractivity contribution in [1.82, 2.24) is 19.6 Å². The third-order valence-corrected chi connectivity index (χ3v) is 6.75. The van der Waals surface area contributed by atoms with E-state index in [1.807, 2.05) is 89.7 Å². The minimum atomic E-state index is -0.188. The van der Waals surface area contributed by atoms with Crippen molar-refractivity contribution in [3.05, 3.63) is 102 Å². The number of nitrogens with zero attached hydrogens (tertiary/aromatic N) is 4. The van der Waals surface area contributed by atoms with Gasteiger partial charge in [0.2, 0.25) is 5.91 Å². The summed E-state index contributed by atoms with van der Waals surface area (Å²) in [6, 6.07) is 24.0. The van der Waals surface area contributed by atoms with Gasteiger partial charge in [0.05, 0.1) is 18.7 Å². The molecule has 0 spiro atoms. The smallest absolute Gasteiger partial charge is 0.254 e. The second-order valence-electron chi connectivity index (χ2n) is 9.34. The van der Waals surface area contributed by atoms with E-state index < -0.39 is 0 Å². The van der Waals surface area contributed by atoms with E-state index in [4.69, 9.17) is 0 Å². The number of carbonyl (C=O) groups excluding carboxylic acids is 2. The fourth-order valence-corrected chi connectivity index (χ4v) is 4.95. The zero-order valence-corrected chi connectivity index (χ0v) is 20.0. The summed E-state index contributed by atoms with van der Waals surface area (Å²) >= 11 is 0. The summed E-state index contributed by atoms with van der Waals surface area (Å²) in [6.45, 7) is 2.34. The van der Waals surface area contributed by atoms with Gasteiger partial charge in [-0.15, -0.1) is 0 Å². The number of hydrogen-bond donors (Lipinski definition) is 0. The molecule has 1 atom stereocenters. The predicted octanol–water partition coefficient (Wildman–Crippen LogP) is 4.60. The number of piperidine rings is 1. The summed E-state index contributed by atoms with van der Waals surface area (Å²) < 4.78 is 1.90. The summed E-state index contributed by atoms with van der Waals surface area (Å²) in [5.74, 6) is -0.104. The van der Waals surface area contributed by atoms with E-state index in [-0.39, 0.29) is 17.7 Å². The molecule has 4 aromatic rings. The number of rotatable bonds is 6. The van der Waals surface area contributed by atoms with Crippen molar-refractivity contribution >= 4 is 22.6 Å². The standard InChI is InChI=1S/C29H30N4O2/c1-31(18-23-17-30-33(20-23)19-22-9-3-2-4-10-22)28(34)25-13-8-16-32(21-25)29(35)27-15-7-12-24-11-5-6-14-26(24)27/h2-7,9-12,14-15,17,20,25H,8,13,16,18-19,21H2,1H3. The zero-order chi connectivity index (χ0) is 24.2. The van der Waals surface area contributed by atoms with E-state index in [1.54, 1.807) is 4.90 Å². The second kappa shape index (κ2) is 10.1. The van der Waals surface area contributed by atoms with Crippen molar-refractivity contribution < 1.29 is 9.59 Å². The molecule has 35 heavy (non-hydrogen) atoms. The third kappa shape index (κ3) is 5.11. The van der Waals surface area contributed by atoms with E-state index >= 15 is 0 Å². The summed E-state index contributed by atoms with van der Waals surface area (Å²) in [6.07, 6.45) is 5.45. The minimum absolute atomic E-state index is 0.00383. The lowest BCUT2D eigenvalue weighted by Crippen LogP contribution is -2.45. The second-order valence-corrected chi connectivity index (χ2v) is 9.34. The largest absolute Gasteiger partial charge is 0.341 e. The molecule has 5 rings (SSSR count). The number of fused-ring (bicyclic) bond motifs is 1. The molecule has 1 aliphatic rings. The SMILES string of the molecule is CN(Cc1cnn(Cc2ccccc2)c1)C(=O)C1CCCN(C(=O)c2cccc3ccccc23)C1. The first-order valence-electron chi connectivity index (χ1n) is 12.2. The Morgan fingerprint density at radius 1 is 0.971 bits per heavy atom. The number of benzene rings is 3. The molecule has 2 heterocycles. The Hall–Kier alpha value is -3.93. The molecule has 2 amide bonds. The zero-order valence-electron chi connectivity index (χ0n) is 20.0. The topological polar surface area (TPSA) is 58.4 Å². The van der Waals surface area contributed by atoms with Gasteiger partial charge in [0, 0.05) is 44.0 Å². The number of amides is 2. The van der Waals surface area contributed by atoms with Crippen LogP contribution in [-0.4, -0.2) is 51.5 Å². The molecule has 3 aromatic carbocycles. The van der Waals surface area contributed by atoms with Crippen molar-refractivity contribution in [2.75, 3.05) is 20.1 Å². The van der Waals surface area contributed by atoms with E-state index in [0.717, 1.165) is 29.2 Å². The normalized spacial score (nSPS) is 15.8. The molecule has 1 unspecified atom stereocenters. The maximum absolute atomic E-state index is 13.4. The Morgan fingerprint density at radius 2 is 1.74 bits per heavy atom. The average molecular weight is 467 g/mol. The van der Waals surface area contributed by atoms with Crippen molar-refractivity contribution in [2.24, 2.45) is 5.92 Å². The first-order valence-corrected chi connectivity index (χ1v) is 12.2. The summed E-state index contributed by atoms with van der Waals surface area (Å²) in [4.78, 5) is 30.3. The Balaban J connectivity index is 1.22. The minimum Gasteiger partial charge on any atom is -0.341 e. The Bertz CT molecular complexity index is 1330. The Labute approximate surface area is 205 Å². The van der Waals surface area contributed by atoms with Crippen LogP contribution in [0.2, 0.25) is 0 Å². The fourth-order valence-electron chi connectivity index (χ4n) is 4.95. The van der Waals surface area contributed by atoms with Gasteiger partial charge in [0.25, 0.3) is 5.91 Å². The van der Waals surface area contributed by atoms with Gasteiger partial charge in [-0.3, -0.25) is 14.3 Å². The first-order chi connectivity index (χ1) is 17.1. The molecular formula is C29H30N4O2. The van der Waals surface area contributed by atoms with Crippen LogP contribution in [0.25, 0.3) is 10.8 Å². The number of carbonyl (C=O) groups is 2. The number of hydrogen-bond acceptors (Lipinski definition) is 3. The Morgan fingerprint density at radius 3 is 2.60 bits per heavy atom. The monoisotopic (exact) mass is 466 g/mol. The van der Waals surface area contributed by atoms with Crippen LogP contribution in [-0.2, 0) is 17.9 Å². The van der Waals surface area contributed by atoms with Crippen molar-refractivity contribution in [1.29, 1.82) is 0 Å². The molecule has 0 aliphatic carbocycles.